The molecule has 2 rings (SSSR count). The van der Waals surface area contributed by atoms with E-state index in [9.17, 15) is 4.79 Å². The Hall–Kier alpha value is -1.31. The van der Waals surface area contributed by atoms with Gasteiger partial charge in [-0.2, -0.15) is 0 Å². The molecule has 0 aromatic heterocycles. The van der Waals surface area contributed by atoms with Crippen molar-refractivity contribution in [1.29, 1.82) is 0 Å². The van der Waals surface area contributed by atoms with Gasteiger partial charge in [-0.25, -0.2) is 0 Å². The summed E-state index contributed by atoms with van der Waals surface area (Å²) in [5.41, 5.74) is 1.07. The second-order valence-electron chi connectivity index (χ2n) is 3.82. The minimum absolute atomic E-state index is 0.0649. The highest BCUT2D eigenvalue weighted by atomic mass is 16.5. The van der Waals surface area contributed by atoms with E-state index >= 15 is 0 Å². The molecule has 1 aromatic carbocycles. The molecule has 1 aromatic rings. The Bertz CT molecular complexity index is 318. The number of carbonyl (C=O) groups excluding carboxylic acids is 1. The Labute approximate surface area is 83.9 Å². The summed E-state index contributed by atoms with van der Waals surface area (Å²) in [4.78, 5) is 11.6. The van der Waals surface area contributed by atoms with Gasteiger partial charge in [-0.15, -0.1) is 0 Å². The molecular weight excluding hydrogens is 176 g/mol. The molecule has 0 amide bonds. The first kappa shape index (κ1) is 9.25. The molecule has 2 heteroatoms. The van der Waals surface area contributed by atoms with Crippen molar-refractivity contribution < 1.29 is 9.53 Å². The van der Waals surface area contributed by atoms with Crippen LogP contribution in [0.4, 0.5) is 0 Å². The highest BCUT2D eigenvalue weighted by molar-refractivity contribution is 5.79. The summed E-state index contributed by atoms with van der Waals surface area (Å²) in [6.07, 6.45) is 0.964. The number of esters is 1. The molecule has 0 unspecified atom stereocenters. The van der Waals surface area contributed by atoms with Crippen LogP contribution in [0.1, 0.15) is 24.8 Å². The molecule has 0 saturated carbocycles. The normalized spacial score (nSPS) is 27.1. The van der Waals surface area contributed by atoms with Crippen LogP contribution < -0.4 is 0 Å². The molecule has 0 N–H and O–H groups in total. The summed E-state index contributed by atoms with van der Waals surface area (Å²) in [7, 11) is 0. The highest BCUT2D eigenvalue weighted by Crippen LogP contribution is 2.31. The van der Waals surface area contributed by atoms with E-state index in [1.807, 2.05) is 30.3 Å². The van der Waals surface area contributed by atoms with Gasteiger partial charge in [0.2, 0.25) is 0 Å². The first-order chi connectivity index (χ1) is 6.79. The maximum Gasteiger partial charge on any atom is 0.313 e. The third-order valence-electron chi connectivity index (χ3n) is 2.80. The van der Waals surface area contributed by atoms with Crippen molar-refractivity contribution in [3.8, 4) is 0 Å². The van der Waals surface area contributed by atoms with Crippen LogP contribution >= 0.6 is 0 Å². The molecule has 0 radical (unpaired) electrons. The molecule has 0 bridgehead atoms. The third-order valence-corrected chi connectivity index (χ3v) is 2.80. The van der Waals surface area contributed by atoms with Crippen molar-refractivity contribution in [1.82, 2.24) is 0 Å². The number of cyclic esters (lactones) is 1. The van der Waals surface area contributed by atoms with E-state index < -0.39 is 0 Å². The molecule has 1 fully saturated rings. The fourth-order valence-electron chi connectivity index (χ4n) is 1.96. The fraction of sp³-hybridized carbons (Fsp3) is 0.417. The van der Waals surface area contributed by atoms with Gasteiger partial charge in [0.1, 0.15) is 0 Å². The van der Waals surface area contributed by atoms with Gasteiger partial charge in [0, 0.05) is 0 Å². The number of ether oxygens (including phenoxy) is 1. The van der Waals surface area contributed by atoms with Gasteiger partial charge in [-0.05, 0) is 17.9 Å². The summed E-state index contributed by atoms with van der Waals surface area (Å²) in [5, 5.41) is 0. The third kappa shape index (κ3) is 1.65. The zero-order chi connectivity index (χ0) is 9.97. The lowest BCUT2D eigenvalue weighted by atomic mass is 9.84. The first-order valence-corrected chi connectivity index (χ1v) is 5.00. The van der Waals surface area contributed by atoms with Crippen LogP contribution in [0, 0.1) is 5.92 Å². The van der Waals surface area contributed by atoms with Gasteiger partial charge in [-0.3, -0.25) is 4.79 Å². The standard InChI is InChI=1S/C12H14O2/c1-9-7-8-14-12(13)11(9)10-5-3-2-4-6-10/h2-6,9,11H,7-8H2,1H3/t9-,11-/m1/s1. The molecule has 2 atom stereocenters. The maximum absolute atomic E-state index is 11.6. The Morgan fingerprint density at radius 3 is 2.64 bits per heavy atom. The molecule has 1 heterocycles. The molecular formula is C12H14O2. The Kier molecular flexibility index (Phi) is 2.53. The van der Waals surface area contributed by atoms with Crippen LogP contribution in [0.3, 0.4) is 0 Å². The predicted molar refractivity (Wildman–Crippen MR) is 53.9 cm³/mol. The second kappa shape index (κ2) is 3.82. The van der Waals surface area contributed by atoms with Crippen LogP contribution in [0.15, 0.2) is 30.3 Å². The van der Waals surface area contributed by atoms with Crippen molar-refractivity contribution in [3.63, 3.8) is 0 Å². The fourth-order valence-corrected chi connectivity index (χ4v) is 1.96. The topological polar surface area (TPSA) is 26.3 Å². The van der Waals surface area contributed by atoms with Crippen molar-refractivity contribution >= 4 is 5.97 Å². The first-order valence-electron chi connectivity index (χ1n) is 5.00. The lowest BCUT2D eigenvalue weighted by Crippen LogP contribution is -2.29. The van der Waals surface area contributed by atoms with Crippen molar-refractivity contribution in [3.05, 3.63) is 35.9 Å². The molecule has 1 aliphatic heterocycles. The van der Waals surface area contributed by atoms with E-state index in [0.29, 0.717) is 12.5 Å². The Morgan fingerprint density at radius 1 is 1.29 bits per heavy atom. The molecule has 1 aliphatic rings. The zero-order valence-electron chi connectivity index (χ0n) is 8.27. The lowest BCUT2D eigenvalue weighted by molar-refractivity contribution is -0.151. The minimum Gasteiger partial charge on any atom is -0.465 e. The average Bonchev–Trinajstić information content (AvgIpc) is 2.19. The molecule has 14 heavy (non-hydrogen) atoms. The summed E-state index contributed by atoms with van der Waals surface area (Å²) >= 11 is 0. The number of hydrogen-bond acceptors (Lipinski definition) is 2. The van der Waals surface area contributed by atoms with Crippen LogP contribution in [-0.2, 0) is 9.53 Å². The molecule has 2 nitrogen and oxygen atoms in total. The van der Waals surface area contributed by atoms with Gasteiger partial charge in [0.15, 0.2) is 0 Å². The largest absolute Gasteiger partial charge is 0.465 e. The van der Waals surface area contributed by atoms with Gasteiger partial charge in [0.25, 0.3) is 0 Å². The van der Waals surface area contributed by atoms with Gasteiger partial charge in [0.05, 0.1) is 12.5 Å². The average molecular weight is 190 g/mol. The smallest absolute Gasteiger partial charge is 0.313 e. The minimum atomic E-state index is -0.0741. The van der Waals surface area contributed by atoms with Crippen LogP contribution in [0.2, 0.25) is 0 Å². The summed E-state index contributed by atoms with van der Waals surface area (Å²) < 4.78 is 5.08. The molecule has 0 aliphatic carbocycles. The molecule has 74 valence electrons. The number of rotatable bonds is 1. The van der Waals surface area contributed by atoms with E-state index in [-0.39, 0.29) is 11.9 Å². The second-order valence-corrected chi connectivity index (χ2v) is 3.82. The van der Waals surface area contributed by atoms with Gasteiger partial charge in [-0.1, -0.05) is 37.3 Å². The highest BCUT2D eigenvalue weighted by Gasteiger charge is 2.31. The van der Waals surface area contributed by atoms with Crippen LogP contribution in [0.25, 0.3) is 0 Å². The number of benzene rings is 1. The van der Waals surface area contributed by atoms with E-state index in [4.69, 9.17) is 4.74 Å². The summed E-state index contributed by atoms with van der Waals surface area (Å²) in [5.74, 6) is 0.249. The summed E-state index contributed by atoms with van der Waals surface area (Å²) in [6.45, 7) is 2.68. The molecule has 1 saturated heterocycles. The zero-order valence-corrected chi connectivity index (χ0v) is 8.27. The van der Waals surface area contributed by atoms with E-state index in [1.165, 1.54) is 0 Å². The Morgan fingerprint density at radius 2 is 2.00 bits per heavy atom. The number of carbonyl (C=O) groups is 1. The molecule has 0 spiro atoms. The predicted octanol–water partition coefficient (Wildman–Crippen LogP) is 2.35. The Balaban J connectivity index is 2.27. The van der Waals surface area contributed by atoms with Gasteiger partial charge < -0.3 is 4.74 Å². The van der Waals surface area contributed by atoms with E-state index in [1.54, 1.807) is 0 Å². The maximum atomic E-state index is 11.6. The van der Waals surface area contributed by atoms with E-state index in [0.717, 1.165) is 12.0 Å². The SMILES string of the molecule is C[C@@H]1CCOC(=O)[C@H]1c1ccccc1. The van der Waals surface area contributed by atoms with Gasteiger partial charge >= 0.3 is 5.97 Å². The van der Waals surface area contributed by atoms with Crippen LogP contribution in [-0.4, -0.2) is 12.6 Å². The van der Waals surface area contributed by atoms with Crippen molar-refractivity contribution in [2.75, 3.05) is 6.61 Å². The lowest BCUT2D eigenvalue weighted by Gasteiger charge is -2.27. The summed E-state index contributed by atoms with van der Waals surface area (Å²) in [6, 6.07) is 9.87. The van der Waals surface area contributed by atoms with Crippen molar-refractivity contribution in [2.45, 2.75) is 19.3 Å². The quantitative estimate of drug-likeness (QED) is 0.635. The van der Waals surface area contributed by atoms with Crippen LogP contribution in [0.5, 0.6) is 0 Å². The number of hydrogen-bond donors (Lipinski definition) is 0. The van der Waals surface area contributed by atoms with Crippen molar-refractivity contribution in [2.24, 2.45) is 5.92 Å². The van der Waals surface area contributed by atoms with E-state index in [2.05, 4.69) is 6.92 Å². The monoisotopic (exact) mass is 190 g/mol.